The highest BCUT2D eigenvalue weighted by atomic mass is 16.7. The maximum absolute atomic E-state index is 12.3. The van der Waals surface area contributed by atoms with Crippen molar-refractivity contribution in [3.63, 3.8) is 0 Å². The van der Waals surface area contributed by atoms with Crippen LogP contribution in [0.5, 0.6) is 0 Å². The van der Waals surface area contributed by atoms with Gasteiger partial charge < -0.3 is 19.3 Å². The van der Waals surface area contributed by atoms with Crippen LogP contribution in [0.25, 0.3) is 0 Å². The lowest BCUT2D eigenvalue weighted by molar-refractivity contribution is -0.0692. The van der Waals surface area contributed by atoms with E-state index in [4.69, 9.17) is 14.2 Å². The molecule has 1 aromatic carbocycles. The lowest BCUT2D eigenvalue weighted by atomic mass is 9.69. The molecule has 1 aromatic rings. The normalized spacial score (nSPS) is 41.2. The number of hydrogen-bond acceptors (Lipinski definition) is 6. The van der Waals surface area contributed by atoms with Crippen molar-refractivity contribution in [3.8, 4) is 0 Å². The molecule has 3 saturated heterocycles. The fraction of sp³-hybridized carbons (Fsp3) is 0.556. The summed E-state index contributed by atoms with van der Waals surface area (Å²) in [6, 6.07) is 8.59. The van der Waals surface area contributed by atoms with Crippen LogP contribution in [0.3, 0.4) is 0 Å². The average molecular weight is 345 g/mol. The van der Waals surface area contributed by atoms with E-state index in [0.717, 1.165) is 0 Å². The van der Waals surface area contributed by atoms with Crippen molar-refractivity contribution in [2.45, 2.75) is 48.7 Å². The maximum atomic E-state index is 12.3. The summed E-state index contributed by atoms with van der Waals surface area (Å²) in [4.78, 5) is 25.8. The Hall–Kier alpha value is -2.12. The number of fused-ring (bicyclic) bond motifs is 1. The van der Waals surface area contributed by atoms with Gasteiger partial charge in [0.05, 0.1) is 5.56 Å². The summed E-state index contributed by atoms with van der Waals surface area (Å²) in [5.74, 6) is -0.439. The van der Waals surface area contributed by atoms with Gasteiger partial charge in [-0.05, 0) is 31.4 Å². The molecule has 0 bridgehead atoms. The van der Waals surface area contributed by atoms with Gasteiger partial charge in [0.25, 0.3) is 0 Å². The van der Waals surface area contributed by atoms with E-state index in [2.05, 4.69) is 0 Å². The lowest BCUT2D eigenvalue weighted by Gasteiger charge is -2.42. The number of carbonyl (C=O) groups is 2. The van der Waals surface area contributed by atoms with Gasteiger partial charge in [-0.1, -0.05) is 18.2 Å². The number of aliphatic hydroxyl groups is 1. The van der Waals surface area contributed by atoms with Gasteiger partial charge in [-0.3, -0.25) is 4.90 Å². The van der Waals surface area contributed by atoms with E-state index >= 15 is 0 Å². The number of cyclic esters (lactones) is 1. The highest BCUT2D eigenvalue weighted by molar-refractivity contribution is 5.89. The third-order valence-electron chi connectivity index (χ3n) is 6.17. The predicted octanol–water partition coefficient (Wildman–Crippen LogP) is 1.10. The second kappa shape index (κ2) is 4.95. The topological polar surface area (TPSA) is 88.6 Å². The molecule has 7 nitrogen and oxygen atoms in total. The van der Waals surface area contributed by atoms with E-state index in [1.165, 1.54) is 0 Å². The molecule has 1 saturated carbocycles. The number of esters is 1. The van der Waals surface area contributed by atoms with Gasteiger partial charge >= 0.3 is 12.1 Å². The Morgan fingerprint density at radius 3 is 2.84 bits per heavy atom. The van der Waals surface area contributed by atoms with Gasteiger partial charge in [-0.2, -0.15) is 0 Å². The molecule has 0 radical (unpaired) electrons. The summed E-state index contributed by atoms with van der Waals surface area (Å²) in [7, 11) is 0. The number of amides is 1. The molecule has 0 spiro atoms. The zero-order valence-electron chi connectivity index (χ0n) is 13.6. The van der Waals surface area contributed by atoms with E-state index < -0.39 is 29.4 Å². The minimum Gasteiger partial charge on any atom is -0.456 e. The SMILES string of the molecule is O=C(O[C@H]1CC[C@]23O[C@]2(CCN2C(=O)OC[C@@H]23)[C@H]1O)c1ccccc1. The Morgan fingerprint density at radius 2 is 2.04 bits per heavy atom. The average Bonchev–Trinajstić information content (AvgIpc) is 3.21. The van der Waals surface area contributed by atoms with E-state index in [-0.39, 0.29) is 12.1 Å². The smallest absolute Gasteiger partial charge is 0.410 e. The van der Waals surface area contributed by atoms with E-state index in [0.29, 0.717) is 38.0 Å². The van der Waals surface area contributed by atoms with Crippen molar-refractivity contribution in [3.05, 3.63) is 35.9 Å². The highest BCUT2D eigenvalue weighted by Crippen LogP contribution is 2.65. The van der Waals surface area contributed by atoms with Gasteiger partial charge in [0, 0.05) is 6.54 Å². The minimum absolute atomic E-state index is 0.158. The summed E-state index contributed by atoms with van der Waals surface area (Å²) < 4.78 is 16.8. The summed E-state index contributed by atoms with van der Waals surface area (Å²) in [6.45, 7) is 0.781. The molecular weight excluding hydrogens is 326 g/mol. The molecule has 0 unspecified atom stereocenters. The molecule has 132 valence electrons. The van der Waals surface area contributed by atoms with Crippen LogP contribution in [0, 0.1) is 0 Å². The van der Waals surface area contributed by atoms with Crippen molar-refractivity contribution < 1.29 is 28.9 Å². The standard InChI is InChI=1S/C18H19NO6/c20-14-12(24-15(21)11-4-2-1-3-5-11)6-7-17-13-10-23-16(22)19(13)9-8-18(14,17)25-17/h1-5,12-14,20H,6-10H2/t12-,13+,14-,17+,18+/m0/s1. The van der Waals surface area contributed by atoms with Crippen LogP contribution in [-0.4, -0.2) is 64.7 Å². The molecule has 5 atom stereocenters. The second-order valence-corrected chi connectivity index (χ2v) is 7.21. The Labute approximate surface area is 144 Å². The molecule has 3 aliphatic heterocycles. The molecule has 1 aliphatic carbocycles. The summed E-state index contributed by atoms with van der Waals surface area (Å²) in [6.07, 6.45) is -0.149. The molecule has 1 N–H and O–H groups in total. The lowest BCUT2D eigenvalue weighted by Crippen LogP contribution is -2.62. The number of benzene rings is 1. The zero-order chi connectivity index (χ0) is 17.2. The summed E-state index contributed by atoms with van der Waals surface area (Å²) in [5, 5.41) is 10.9. The third kappa shape index (κ3) is 1.88. The molecule has 7 heteroatoms. The third-order valence-corrected chi connectivity index (χ3v) is 6.17. The second-order valence-electron chi connectivity index (χ2n) is 7.21. The number of epoxide rings is 1. The van der Waals surface area contributed by atoms with E-state index in [1.807, 2.05) is 6.07 Å². The van der Waals surface area contributed by atoms with Crippen LogP contribution in [0.4, 0.5) is 4.79 Å². The Morgan fingerprint density at radius 1 is 1.24 bits per heavy atom. The van der Waals surface area contributed by atoms with Crippen LogP contribution in [-0.2, 0) is 14.2 Å². The minimum atomic E-state index is -0.897. The van der Waals surface area contributed by atoms with Crippen LogP contribution < -0.4 is 0 Å². The van der Waals surface area contributed by atoms with E-state index in [1.54, 1.807) is 29.2 Å². The fourth-order valence-electron chi connectivity index (χ4n) is 4.89. The number of hydrogen-bond donors (Lipinski definition) is 1. The zero-order valence-corrected chi connectivity index (χ0v) is 13.6. The van der Waals surface area contributed by atoms with Gasteiger partial charge in [0.2, 0.25) is 0 Å². The van der Waals surface area contributed by atoms with Gasteiger partial charge in [0.1, 0.15) is 36.1 Å². The van der Waals surface area contributed by atoms with Crippen LogP contribution in [0.2, 0.25) is 0 Å². The highest BCUT2D eigenvalue weighted by Gasteiger charge is 2.82. The number of ether oxygens (including phenoxy) is 3. The van der Waals surface area contributed by atoms with Gasteiger partial charge in [-0.15, -0.1) is 0 Å². The van der Waals surface area contributed by atoms with Gasteiger partial charge in [0.15, 0.2) is 0 Å². The van der Waals surface area contributed by atoms with Crippen LogP contribution in [0.15, 0.2) is 30.3 Å². The molecule has 0 aromatic heterocycles. The quantitative estimate of drug-likeness (QED) is 0.638. The van der Waals surface area contributed by atoms with Crippen molar-refractivity contribution in [1.82, 2.24) is 4.90 Å². The Balaban J connectivity index is 1.35. The van der Waals surface area contributed by atoms with Crippen LogP contribution in [0.1, 0.15) is 29.6 Å². The molecule has 1 amide bonds. The Kier molecular flexibility index (Phi) is 3.00. The first-order valence-corrected chi connectivity index (χ1v) is 8.65. The molecular formula is C18H19NO6. The van der Waals surface area contributed by atoms with Gasteiger partial charge in [-0.25, -0.2) is 9.59 Å². The number of rotatable bonds is 2. The monoisotopic (exact) mass is 345 g/mol. The fourth-order valence-corrected chi connectivity index (χ4v) is 4.89. The van der Waals surface area contributed by atoms with E-state index in [9.17, 15) is 14.7 Å². The Bertz CT molecular complexity index is 738. The maximum Gasteiger partial charge on any atom is 0.410 e. The number of nitrogens with zero attached hydrogens (tertiary/aromatic N) is 1. The predicted molar refractivity (Wildman–Crippen MR) is 83.9 cm³/mol. The number of aliphatic hydroxyl groups excluding tert-OH is 1. The summed E-state index contributed by atoms with van der Waals surface area (Å²) >= 11 is 0. The van der Waals surface area contributed by atoms with Crippen LogP contribution >= 0.6 is 0 Å². The molecule has 4 aliphatic rings. The number of piperidine rings is 1. The number of carbonyl (C=O) groups excluding carboxylic acids is 2. The largest absolute Gasteiger partial charge is 0.456 e. The van der Waals surface area contributed by atoms with Crippen molar-refractivity contribution in [2.24, 2.45) is 0 Å². The molecule has 4 fully saturated rings. The van der Waals surface area contributed by atoms with Crippen molar-refractivity contribution in [1.29, 1.82) is 0 Å². The van der Waals surface area contributed by atoms with Crippen molar-refractivity contribution in [2.75, 3.05) is 13.2 Å². The first kappa shape index (κ1) is 15.2. The molecule has 25 heavy (non-hydrogen) atoms. The van der Waals surface area contributed by atoms with Crippen molar-refractivity contribution >= 4 is 12.1 Å². The first-order valence-electron chi connectivity index (χ1n) is 8.65. The first-order chi connectivity index (χ1) is 12.1. The summed E-state index contributed by atoms with van der Waals surface area (Å²) in [5.41, 5.74) is -0.834. The molecule has 3 heterocycles. The molecule has 5 rings (SSSR count).